The highest BCUT2D eigenvalue weighted by molar-refractivity contribution is 8.05. The first-order chi connectivity index (χ1) is 5.97. The van der Waals surface area contributed by atoms with E-state index < -0.39 is 7.82 Å². The van der Waals surface area contributed by atoms with Crippen molar-refractivity contribution in [2.75, 3.05) is 11.5 Å². The molecule has 0 amide bonds. The van der Waals surface area contributed by atoms with Gasteiger partial charge in [-0.05, 0) is 0 Å². The van der Waals surface area contributed by atoms with Crippen LogP contribution in [0.15, 0.2) is 11.2 Å². The van der Waals surface area contributed by atoms with E-state index in [2.05, 4.69) is 11.4 Å². The third kappa shape index (κ3) is 4.98. The number of hydrogen-bond donors (Lipinski definition) is 2. The maximum Gasteiger partial charge on any atom is 0.524 e. The zero-order chi connectivity index (χ0) is 9.90. The van der Waals surface area contributed by atoms with Crippen molar-refractivity contribution in [1.82, 2.24) is 0 Å². The molecular weight excluding hydrogens is 231 g/mol. The molecule has 0 aromatic heterocycles. The Morgan fingerprint density at radius 3 is 3.00 bits per heavy atom. The highest BCUT2D eigenvalue weighted by Gasteiger charge is 2.19. The third-order valence-corrected chi connectivity index (χ3v) is 4.28. The van der Waals surface area contributed by atoms with E-state index in [-0.39, 0.29) is 0 Å². The van der Waals surface area contributed by atoms with Crippen molar-refractivity contribution in [3.05, 3.63) is 11.2 Å². The molecule has 0 aromatic rings. The van der Waals surface area contributed by atoms with E-state index in [4.69, 9.17) is 9.79 Å². The van der Waals surface area contributed by atoms with Gasteiger partial charge in [-0.15, -0.1) is 23.5 Å². The first-order valence-electron chi connectivity index (χ1n) is 3.65. The summed E-state index contributed by atoms with van der Waals surface area (Å²) >= 11 is 3.15. The van der Waals surface area contributed by atoms with Gasteiger partial charge < -0.3 is 4.52 Å². The molecule has 0 aliphatic carbocycles. The minimum atomic E-state index is -4.37. The molecule has 13 heavy (non-hydrogen) atoms. The first-order valence-corrected chi connectivity index (χ1v) is 7.27. The van der Waals surface area contributed by atoms with Crippen LogP contribution in [0.1, 0.15) is 6.92 Å². The predicted octanol–water partition coefficient (Wildman–Crippen LogP) is 1.81. The molecule has 1 atom stereocenters. The molecule has 0 saturated carbocycles. The fourth-order valence-corrected chi connectivity index (χ4v) is 3.37. The number of phosphoric ester groups is 1. The molecule has 0 fully saturated rings. The molecule has 0 radical (unpaired) electrons. The highest BCUT2D eigenvalue weighted by atomic mass is 32.2. The van der Waals surface area contributed by atoms with Crippen molar-refractivity contribution in [2.45, 2.75) is 12.2 Å². The summed E-state index contributed by atoms with van der Waals surface area (Å²) in [7, 11) is -4.37. The zero-order valence-corrected chi connectivity index (χ0v) is 9.57. The van der Waals surface area contributed by atoms with Gasteiger partial charge in [-0.3, -0.25) is 9.79 Å². The Bertz CT molecular complexity index is 249. The van der Waals surface area contributed by atoms with Gasteiger partial charge in [0.1, 0.15) is 5.76 Å². The van der Waals surface area contributed by atoms with Crippen LogP contribution >= 0.6 is 31.3 Å². The Kier molecular flexibility index (Phi) is 4.19. The first kappa shape index (κ1) is 11.5. The smallest absolute Gasteiger partial charge is 0.407 e. The molecular formula is C6H11O4PS2. The average Bonchev–Trinajstić information content (AvgIpc) is 2.12. The normalized spacial score (nSPS) is 24.8. The monoisotopic (exact) mass is 242 g/mol. The summed E-state index contributed by atoms with van der Waals surface area (Å²) in [5.41, 5.74) is 0. The Morgan fingerprint density at radius 1 is 1.69 bits per heavy atom. The van der Waals surface area contributed by atoms with Gasteiger partial charge in [0.2, 0.25) is 0 Å². The van der Waals surface area contributed by atoms with Crippen LogP contribution in [-0.4, -0.2) is 26.5 Å². The van der Waals surface area contributed by atoms with Crippen molar-refractivity contribution in [3.63, 3.8) is 0 Å². The lowest BCUT2D eigenvalue weighted by Gasteiger charge is -2.09. The molecule has 1 aliphatic rings. The molecule has 0 saturated heterocycles. The van der Waals surface area contributed by atoms with Gasteiger partial charge in [-0.25, -0.2) is 4.57 Å². The van der Waals surface area contributed by atoms with Crippen LogP contribution in [0.5, 0.6) is 0 Å². The summed E-state index contributed by atoms with van der Waals surface area (Å²) in [5.74, 6) is 1.84. The molecule has 0 spiro atoms. The summed E-state index contributed by atoms with van der Waals surface area (Å²) in [6.45, 7) is 2.08. The van der Waals surface area contributed by atoms with E-state index in [0.717, 1.165) is 5.75 Å². The minimum Gasteiger partial charge on any atom is -0.407 e. The number of phosphoric acid groups is 1. The van der Waals surface area contributed by atoms with Gasteiger partial charge >= 0.3 is 7.82 Å². The maximum absolute atomic E-state index is 10.5. The average molecular weight is 242 g/mol. The van der Waals surface area contributed by atoms with Crippen molar-refractivity contribution in [2.24, 2.45) is 0 Å². The third-order valence-electron chi connectivity index (χ3n) is 1.29. The van der Waals surface area contributed by atoms with Crippen LogP contribution in [0.2, 0.25) is 0 Å². The maximum atomic E-state index is 10.5. The molecule has 2 N–H and O–H groups in total. The molecule has 4 nitrogen and oxygen atoms in total. The van der Waals surface area contributed by atoms with Gasteiger partial charge in [0.25, 0.3) is 0 Å². The van der Waals surface area contributed by atoms with E-state index >= 15 is 0 Å². The summed E-state index contributed by atoms with van der Waals surface area (Å²) < 4.78 is 15.0. The molecule has 1 aliphatic heterocycles. The molecule has 1 rings (SSSR count). The van der Waals surface area contributed by atoms with E-state index in [1.807, 2.05) is 0 Å². The topological polar surface area (TPSA) is 66.8 Å². The minimum absolute atomic E-state index is 0.368. The van der Waals surface area contributed by atoms with Crippen LogP contribution < -0.4 is 0 Å². The second kappa shape index (κ2) is 4.75. The summed E-state index contributed by atoms with van der Waals surface area (Å²) in [6, 6.07) is 0. The van der Waals surface area contributed by atoms with Crippen LogP contribution in [-0.2, 0) is 9.09 Å². The van der Waals surface area contributed by atoms with Crippen molar-refractivity contribution < 1.29 is 18.9 Å². The van der Waals surface area contributed by atoms with Gasteiger partial charge in [0.15, 0.2) is 0 Å². The van der Waals surface area contributed by atoms with Gasteiger partial charge in [0.05, 0.1) is 5.75 Å². The molecule has 1 unspecified atom stereocenters. The lowest BCUT2D eigenvalue weighted by atomic mass is 10.6. The Balaban J connectivity index is 2.51. The van der Waals surface area contributed by atoms with Crippen LogP contribution in [0.25, 0.3) is 0 Å². The van der Waals surface area contributed by atoms with Gasteiger partial charge in [0, 0.05) is 16.4 Å². The van der Waals surface area contributed by atoms with Crippen LogP contribution in [0.4, 0.5) is 0 Å². The Morgan fingerprint density at radius 2 is 2.38 bits per heavy atom. The van der Waals surface area contributed by atoms with E-state index in [1.165, 1.54) is 11.8 Å². The quantitative estimate of drug-likeness (QED) is 0.720. The fourth-order valence-electron chi connectivity index (χ4n) is 0.784. The molecule has 7 heteroatoms. The van der Waals surface area contributed by atoms with Gasteiger partial charge in [-0.2, -0.15) is 0 Å². The molecule has 76 valence electrons. The molecule has 0 aromatic carbocycles. The Hall–Kier alpha value is 0.390. The van der Waals surface area contributed by atoms with Crippen LogP contribution in [0.3, 0.4) is 0 Å². The standard InChI is InChI=1S/C6H11O4PS2/c1-5-2-12-3-6(4-13-5)10-11(7,8)9/h3,5H,2,4H2,1H3,(H2,7,8,9). The van der Waals surface area contributed by atoms with Crippen molar-refractivity contribution in [1.29, 1.82) is 0 Å². The highest BCUT2D eigenvalue weighted by Crippen LogP contribution is 2.41. The summed E-state index contributed by atoms with van der Waals surface area (Å²) in [4.78, 5) is 17.1. The predicted molar refractivity (Wildman–Crippen MR) is 55.6 cm³/mol. The molecule has 1 heterocycles. The van der Waals surface area contributed by atoms with Gasteiger partial charge in [-0.1, -0.05) is 6.92 Å². The SMILES string of the molecule is CC1CSC=C(OP(=O)(O)O)CS1. The Labute approximate surface area is 85.4 Å². The lowest BCUT2D eigenvalue weighted by Crippen LogP contribution is -1.99. The lowest BCUT2D eigenvalue weighted by molar-refractivity contribution is 0.244. The van der Waals surface area contributed by atoms with E-state index in [1.54, 1.807) is 17.2 Å². The van der Waals surface area contributed by atoms with E-state index in [9.17, 15) is 4.57 Å². The largest absolute Gasteiger partial charge is 0.524 e. The summed E-state index contributed by atoms with van der Waals surface area (Å²) in [5, 5.41) is 2.16. The second-order valence-electron chi connectivity index (χ2n) is 2.62. The second-order valence-corrected chi connectivity index (χ2v) is 6.11. The van der Waals surface area contributed by atoms with Crippen molar-refractivity contribution in [3.8, 4) is 0 Å². The zero-order valence-electron chi connectivity index (χ0n) is 7.04. The van der Waals surface area contributed by atoms with Crippen molar-refractivity contribution >= 4 is 31.3 Å². The summed E-state index contributed by atoms with van der Waals surface area (Å²) in [6.07, 6.45) is 0. The van der Waals surface area contributed by atoms with Crippen LogP contribution in [0, 0.1) is 0 Å². The molecule has 0 bridgehead atoms. The number of thioether (sulfide) groups is 2. The number of hydrogen-bond acceptors (Lipinski definition) is 4. The van der Waals surface area contributed by atoms with E-state index in [0.29, 0.717) is 16.8 Å². The fraction of sp³-hybridized carbons (Fsp3) is 0.667. The number of rotatable bonds is 2.